The number of halogens is 2. The summed E-state index contributed by atoms with van der Waals surface area (Å²) < 4.78 is 11.2. The Hall–Kier alpha value is -1.91. The Morgan fingerprint density at radius 3 is 2.46 bits per heavy atom. The van der Waals surface area contributed by atoms with Crippen molar-refractivity contribution in [1.29, 1.82) is 0 Å². The molecule has 2 aromatic carbocycles. The van der Waals surface area contributed by atoms with E-state index in [0.29, 0.717) is 40.3 Å². The largest absolute Gasteiger partial charge is 0.493 e. The first-order valence-corrected chi connectivity index (χ1v) is 8.20. The van der Waals surface area contributed by atoms with Crippen LogP contribution in [0.4, 0.5) is 0 Å². The molecule has 4 nitrogen and oxygen atoms in total. The zero-order chi connectivity index (χ0) is 17.5. The van der Waals surface area contributed by atoms with Crippen LogP contribution in [0.2, 0.25) is 10.0 Å². The van der Waals surface area contributed by atoms with E-state index < -0.39 is 0 Å². The van der Waals surface area contributed by atoms with Crippen LogP contribution >= 0.6 is 23.2 Å². The van der Waals surface area contributed by atoms with E-state index >= 15 is 0 Å². The maximum Gasteiger partial charge on any atom is 0.161 e. The van der Waals surface area contributed by atoms with Crippen molar-refractivity contribution in [2.75, 3.05) is 7.11 Å². The molecule has 0 heterocycles. The van der Waals surface area contributed by atoms with Crippen LogP contribution in [-0.2, 0) is 13.0 Å². The van der Waals surface area contributed by atoms with Crippen LogP contribution in [-0.4, -0.2) is 18.0 Å². The number of rotatable bonds is 7. The standard InChI is InChI=1S/C18H19Cl2NO3/c1-12(21-22)3-4-13-6-8-17(18(10-13)23-2)24-11-14-5-7-15(19)16(20)9-14/h5-10,22H,3-4,11H2,1-2H3. The zero-order valence-corrected chi connectivity index (χ0v) is 15.1. The van der Waals surface area contributed by atoms with Gasteiger partial charge < -0.3 is 14.7 Å². The summed E-state index contributed by atoms with van der Waals surface area (Å²) in [6.45, 7) is 2.15. The van der Waals surface area contributed by atoms with Gasteiger partial charge in [-0.2, -0.15) is 0 Å². The first kappa shape index (κ1) is 18.4. The fourth-order valence-electron chi connectivity index (χ4n) is 2.15. The van der Waals surface area contributed by atoms with Crippen molar-refractivity contribution < 1.29 is 14.7 Å². The average molecular weight is 368 g/mol. The van der Waals surface area contributed by atoms with Crippen molar-refractivity contribution >= 4 is 28.9 Å². The number of aryl methyl sites for hydroxylation is 1. The highest BCUT2D eigenvalue weighted by atomic mass is 35.5. The van der Waals surface area contributed by atoms with Crippen LogP contribution in [0.1, 0.15) is 24.5 Å². The predicted octanol–water partition coefficient (Wildman–Crippen LogP) is 5.36. The third kappa shape index (κ3) is 5.05. The van der Waals surface area contributed by atoms with Gasteiger partial charge in [0.25, 0.3) is 0 Å². The Kier molecular flexibility index (Phi) is 6.76. The minimum atomic E-state index is 0.364. The maximum atomic E-state index is 8.70. The van der Waals surface area contributed by atoms with Crippen LogP contribution in [0.5, 0.6) is 11.5 Å². The van der Waals surface area contributed by atoms with Crippen LogP contribution in [0.25, 0.3) is 0 Å². The molecular weight excluding hydrogens is 349 g/mol. The van der Waals surface area contributed by atoms with Gasteiger partial charge in [-0.3, -0.25) is 0 Å². The molecule has 2 rings (SSSR count). The fraction of sp³-hybridized carbons (Fsp3) is 0.278. The van der Waals surface area contributed by atoms with E-state index in [2.05, 4.69) is 5.16 Å². The highest BCUT2D eigenvalue weighted by Crippen LogP contribution is 2.30. The molecule has 0 radical (unpaired) electrons. The molecule has 0 bridgehead atoms. The molecule has 0 aliphatic carbocycles. The fourth-order valence-corrected chi connectivity index (χ4v) is 2.47. The first-order valence-electron chi connectivity index (χ1n) is 7.44. The number of hydrogen-bond acceptors (Lipinski definition) is 4. The minimum Gasteiger partial charge on any atom is -0.493 e. The van der Waals surface area contributed by atoms with Gasteiger partial charge in [0.2, 0.25) is 0 Å². The van der Waals surface area contributed by atoms with Gasteiger partial charge in [0.05, 0.1) is 22.9 Å². The molecule has 0 unspecified atom stereocenters. The van der Waals surface area contributed by atoms with E-state index in [4.69, 9.17) is 37.9 Å². The molecule has 0 amide bonds. The molecule has 0 atom stereocenters. The SMILES string of the molecule is COc1cc(CCC(C)=NO)ccc1OCc1ccc(Cl)c(Cl)c1. The van der Waals surface area contributed by atoms with Crippen molar-refractivity contribution in [3.8, 4) is 11.5 Å². The lowest BCUT2D eigenvalue weighted by molar-refractivity contribution is 0.284. The summed E-state index contributed by atoms with van der Waals surface area (Å²) >= 11 is 11.9. The van der Waals surface area contributed by atoms with Crippen molar-refractivity contribution in [2.24, 2.45) is 5.16 Å². The number of methoxy groups -OCH3 is 1. The van der Waals surface area contributed by atoms with Gasteiger partial charge in [0.15, 0.2) is 11.5 Å². The second-order valence-corrected chi connectivity index (χ2v) is 6.17. The summed E-state index contributed by atoms with van der Waals surface area (Å²) in [5.74, 6) is 1.31. The van der Waals surface area contributed by atoms with E-state index in [0.717, 1.165) is 17.5 Å². The Labute approximate surface area is 151 Å². The third-order valence-electron chi connectivity index (χ3n) is 3.55. The van der Waals surface area contributed by atoms with Crippen LogP contribution < -0.4 is 9.47 Å². The van der Waals surface area contributed by atoms with Crippen molar-refractivity contribution in [3.05, 3.63) is 57.6 Å². The van der Waals surface area contributed by atoms with Gasteiger partial charge >= 0.3 is 0 Å². The summed E-state index contributed by atoms with van der Waals surface area (Å²) in [4.78, 5) is 0. The number of hydrogen-bond donors (Lipinski definition) is 1. The van der Waals surface area contributed by atoms with Crippen LogP contribution in [0, 0.1) is 0 Å². The highest BCUT2D eigenvalue weighted by Gasteiger charge is 2.08. The lowest BCUT2D eigenvalue weighted by atomic mass is 10.1. The Bertz CT molecular complexity index is 732. The lowest BCUT2D eigenvalue weighted by Gasteiger charge is -2.12. The number of benzene rings is 2. The summed E-state index contributed by atoms with van der Waals surface area (Å²) in [5, 5.41) is 12.9. The third-order valence-corrected chi connectivity index (χ3v) is 4.29. The van der Waals surface area contributed by atoms with Crippen molar-refractivity contribution in [1.82, 2.24) is 0 Å². The van der Waals surface area contributed by atoms with E-state index in [1.165, 1.54) is 0 Å². The van der Waals surface area contributed by atoms with Gasteiger partial charge in [-0.05, 0) is 55.2 Å². The van der Waals surface area contributed by atoms with E-state index in [-0.39, 0.29) is 0 Å². The smallest absolute Gasteiger partial charge is 0.161 e. The zero-order valence-electron chi connectivity index (χ0n) is 13.6. The molecule has 24 heavy (non-hydrogen) atoms. The molecule has 0 spiro atoms. The molecule has 0 aliphatic heterocycles. The summed E-state index contributed by atoms with van der Waals surface area (Å²) in [6, 6.07) is 11.2. The van der Waals surface area contributed by atoms with Gasteiger partial charge in [0, 0.05) is 0 Å². The molecule has 0 aromatic heterocycles. The quantitative estimate of drug-likeness (QED) is 0.406. The average Bonchev–Trinajstić information content (AvgIpc) is 2.60. The van der Waals surface area contributed by atoms with Gasteiger partial charge in [-0.15, -0.1) is 0 Å². The lowest BCUT2D eigenvalue weighted by Crippen LogP contribution is -2.00. The predicted molar refractivity (Wildman–Crippen MR) is 97.0 cm³/mol. The van der Waals surface area contributed by atoms with Crippen LogP contribution in [0.15, 0.2) is 41.6 Å². The van der Waals surface area contributed by atoms with E-state index in [1.54, 1.807) is 26.2 Å². The van der Waals surface area contributed by atoms with E-state index in [1.807, 2.05) is 24.3 Å². The Morgan fingerprint density at radius 2 is 1.79 bits per heavy atom. The highest BCUT2D eigenvalue weighted by molar-refractivity contribution is 6.42. The topological polar surface area (TPSA) is 51.0 Å². The number of nitrogens with zero attached hydrogens (tertiary/aromatic N) is 1. The molecule has 0 fully saturated rings. The first-order chi connectivity index (χ1) is 11.5. The van der Waals surface area contributed by atoms with Crippen molar-refractivity contribution in [2.45, 2.75) is 26.4 Å². The molecular formula is C18H19Cl2NO3. The van der Waals surface area contributed by atoms with Gasteiger partial charge in [0.1, 0.15) is 6.61 Å². The molecule has 6 heteroatoms. The molecule has 1 N–H and O–H groups in total. The molecule has 128 valence electrons. The molecule has 0 saturated carbocycles. The summed E-state index contributed by atoms with van der Waals surface area (Å²) in [5.41, 5.74) is 2.69. The minimum absolute atomic E-state index is 0.364. The molecule has 2 aromatic rings. The van der Waals surface area contributed by atoms with Gasteiger partial charge in [-0.1, -0.05) is 40.5 Å². The van der Waals surface area contributed by atoms with Gasteiger partial charge in [-0.25, -0.2) is 0 Å². The summed E-state index contributed by atoms with van der Waals surface area (Å²) in [7, 11) is 1.60. The van der Waals surface area contributed by atoms with Crippen LogP contribution in [0.3, 0.4) is 0 Å². The Morgan fingerprint density at radius 1 is 1.04 bits per heavy atom. The number of oxime groups is 1. The summed E-state index contributed by atoms with van der Waals surface area (Å²) in [6.07, 6.45) is 1.45. The van der Waals surface area contributed by atoms with Crippen molar-refractivity contribution in [3.63, 3.8) is 0 Å². The molecule has 0 saturated heterocycles. The monoisotopic (exact) mass is 367 g/mol. The van der Waals surface area contributed by atoms with E-state index in [9.17, 15) is 0 Å². The second-order valence-electron chi connectivity index (χ2n) is 5.36. The molecule has 0 aliphatic rings. The maximum absolute atomic E-state index is 8.70. The number of ether oxygens (including phenoxy) is 2. The second kappa shape index (κ2) is 8.81. The Balaban J connectivity index is 2.05. The normalized spacial score (nSPS) is 11.4.